The third-order valence-electron chi connectivity index (χ3n) is 3.91. The lowest BCUT2D eigenvalue weighted by Gasteiger charge is -2.23. The Morgan fingerprint density at radius 1 is 1.12 bits per heavy atom. The van der Waals surface area contributed by atoms with Crippen molar-refractivity contribution in [3.8, 4) is 0 Å². The molecule has 3 rings (SSSR count). The molecule has 2 aromatic carbocycles. The maximum atomic E-state index is 12.1. The summed E-state index contributed by atoms with van der Waals surface area (Å²) in [6.07, 6.45) is 0. The number of carbonyl (C=O) groups excluding carboxylic acids is 1. The highest BCUT2D eigenvalue weighted by molar-refractivity contribution is 6.35. The molecule has 3 aromatic rings. The zero-order valence-electron chi connectivity index (χ0n) is 14.3. The average Bonchev–Trinajstić information content (AvgIpc) is 2.57. The second-order valence-electron chi connectivity index (χ2n) is 6.19. The van der Waals surface area contributed by atoms with Crippen molar-refractivity contribution in [2.75, 3.05) is 10.4 Å². The summed E-state index contributed by atoms with van der Waals surface area (Å²) in [4.78, 5) is 16.6. The number of nitrogens with one attached hydrogen (secondary N) is 1. The van der Waals surface area contributed by atoms with E-state index in [0.717, 1.165) is 16.5 Å². The highest BCUT2D eigenvalue weighted by atomic mass is 35.5. The van der Waals surface area contributed by atoms with E-state index in [2.05, 4.69) is 24.3 Å². The monoisotopic (exact) mass is 388 g/mol. The number of benzene rings is 2. The van der Waals surface area contributed by atoms with Crippen LogP contribution in [0, 0.1) is 0 Å². The fraction of sp³-hybridized carbons (Fsp3) is 0.158. The normalized spacial score (nSPS) is 11.0. The number of nitrogens with two attached hydrogens (primary N) is 1. The topological polar surface area (TPSA) is 71.2 Å². The summed E-state index contributed by atoms with van der Waals surface area (Å²) in [5, 5.41) is 3.11. The molecule has 0 bridgehead atoms. The average molecular weight is 389 g/mol. The second kappa shape index (κ2) is 7.40. The Morgan fingerprint density at radius 2 is 1.77 bits per heavy atom. The molecule has 1 aromatic heterocycles. The zero-order chi connectivity index (χ0) is 18.8. The van der Waals surface area contributed by atoms with Gasteiger partial charge in [0.25, 0.3) is 0 Å². The molecule has 1 heterocycles. The predicted molar refractivity (Wildman–Crippen MR) is 108 cm³/mol. The largest absolute Gasteiger partial charge is 0.350 e. The molecular formula is C19H18Cl2N4O. The van der Waals surface area contributed by atoms with Crippen LogP contribution in [0.25, 0.3) is 10.9 Å². The van der Waals surface area contributed by atoms with Gasteiger partial charge in [-0.25, -0.2) is 9.78 Å². The Bertz CT molecular complexity index is 955. The van der Waals surface area contributed by atoms with Crippen LogP contribution in [0.15, 0.2) is 48.5 Å². The molecule has 26 heavy (non-hydrogen) atoms. The van der Waals surface area contributed by atoms with E-state index in [1.54, 1.807) is 18.2 Å². The van der Waals surface area contributed by atoms with Gasteiger partial charge in [-0.3, -0.25) is 5.43 Å². The summed E-state index contributed by atoms with van der Waals surface area (Å²) in [5.74, 6) is 0.646. The number of fused-ring (bicyclic) bond motifs is 1. The lowest BCUT2D eigenvalue weighted by molar-refractivity contribution is 0.255. The van der Waals surface area contributed by atoms with Gasteiger partial charge in [-0.15, -0.1) is 0 Å². The van der Waals surface area contributed by atoms with Crippen LogP contribution in [-0.2, 0) is 0 Å². The number of urea groups is 1. The van der Waals surface area contributed by atoms with Crippen molar-refractivity contribution in [2.45, 2.75) is 19.8 Å². The van der Waals surface area contributed by atoms with Crippen molar-refractivity contribution < 1.29 is 4.79 Å². The smallest absolute Gasteiger partial charge is 0.339 e. The minimum Gasteiger partial charge on any atom is -0.350 e. The number of halogens is 2. The van der Waals surface area contributed by atoms with Crippen LogP contribution in [0.3, 0.4) is 0 Å². The molecular weight excluding hydrogens is 371 g/mol. The number of hydrazine groups is 1. The Balaban J connectivity index is 2.09. The Labute approximate surface area is 161 Å². The summed E-state index contributed by atoms with van der Waals surface area (Å²) in [5.41, 5.74) is 10.9. The minimum absolute atomic E-state index is 0.247. The number of anilines is 2. The standard InChI is InChI=1S/C19H18Cl2N4O/c1-11(2)16-10-18(23-17-6-4-3-5-15(16)17)25(19(22)26)24-14-8-12(20)7-13(21)9-14/h3-11,24H,1-2H3,(H2,22,26). The lowest BCUT2D eigenvalue weighted by atomic mass is 9.99. The van der Waals surface area contributed by atoms with Gasteiger partial charge in [0.2, 0.25) is 0 Å². The molecule has 0 fully saturated rings. The molecule has 3 N–H and O–H groups in total. The van der Waals surface area contributed by atoms with Gasteiger partial charge in [0, 0.05) is 15.4 Å². The number of amides is 2. The van der Waals surface area contributed by atoms with Crippen LogP contribution in [0.4, 0.5) is 16.3 Å². The van der Waals surface area contributed by atoms with Crippen LogP contribution < -0.4 is 16.2 Å². The van der Waals surface area contributed by atoms with Gasteiger partial charge in [-0.1, -0.05) is 55.2 Å². The number of primary amides is 1. The first-order valence-corrected chi connectivity index (χ1v) is 8.82. The van der Waals surface area contributed by atoms with Crippen LogP contribution in [-0.4, -0.2) is 11.0 Å². The molecule has 0 aliphatic carbocycles. The van der Waals surface area contributed by atoms with Crippen molar-refractivity contribution in [3.63, 3.8) is 0 Å². The third kappa shape index (κ3) is 3.84. The van der Waals surface area contributed by atoms with E-state index in [4.69, 9.17) is 28.9 Å². The number of rotatable bonds is 4. The maximum absolute atomic E-state index is 12.1. The van der Waals surface area contributed by atoms with Crippen LogP contribution in [0.5, 0.6) is 0 Å². The molecule has 7 heteroatoms. The summed E-state index contributed by atoms with van der Waals surface area (Å²) in [6, 6.07) is 13.8. The number of carbonyl (C=O) groups is 1. The zero-order valence-corrected chi connectivity index (χ0v) is 15.8. The van der Waals surface area contributed by atoms with Gasteiger partial charge in [0.15, 0.2) is 5.82 Å². The minimum atomic E-state index is -0.696. The molecule has 5 nitrogen and oxygen atoms in total. The maximum Gasteiger partial charge on any atom is 0.339 e. The number of pyridine rings is 1. The fourth-order valence-electron chi connectivity index (χ4n) is 2.75. The van der Waals surface area contributed by atoms with Gasteiger partial charge in [0.1, 0.15) is 0 Å². The SMILES string of the molecule is CC(C)c1cc(N(Nc2cc(Cl)cc(Cl)c2)C(N)=O)nc2ccccc12. The van der Waals surface area contributed by atoms with Crippen LogP contribution in [0.1, 0.15) is 25.3 Å². The van der Waals surface area contributed by atoms with Crippen molar-refractivity contribution in [1.29, 1.82) is 0 Å². The summed E-state index contributed by atoms with van der Waals surface area (Å²) < 4.78 is 0. The fourth-order valence-corrected chi connectivity index (χ4v) is 3.28. The summed E-state index contributed by atoms with van der Waals surface area (Å²) in [7, 11) is 0. The Morgan fingerprint density at radius 3 is 2.38 bits per heavy atom. The molecule has 0 unspecified atom stereocenters. The van der Waals surface area contributed by atoms with Gasteiger partial charge >= 0.3 is 6.03 Å². The van der Waals surface area contributed by atoms with Gasteiger partial charge in [-0.05, 0) is 41.8 Å². The van der Waals surface area contributed by atoms with E-state index >= 15 is 0 Å². The number of para-hydroxylation sites is 1. The van der Waals surface area contributed by atoms with E-state index in [0.29, 0.717) is 21.6 Å². The molecule has 0 saturated carbocycles. The molecule has 0 aliphatic rings. The molecule has 0 radical (unpaired) electrons. The predicted octanol–water partition coefficient (Wildman–Crippen LogP) is 5.58. The summed E-state index contributed by atoms with van der Waals surface area (Å²) in [6.45, 7) is 4.18. The van der Waals surface area contributed by atoms with E-state index in [1.165, 1.54) is 5.01 Å². The number of nitrogens with zero attached hydrogens (tertiary/aromatic N) is 2. The van der Waals surface area contributed by atoms with Gasteiger partial charge in [0.05, 0.1) is 11.2 Å². The van der Waals surface area contributed by atoms with E-state index in [9.17, 15) is 4.79 Å². The number of hydrogen-bond donors (Lipinski definition) is 2. The van der Waals surface area contributed by atoms with Crippen molar-refractivity contribution in [3.05, 3.63) is 64.1 Å². The first kappa shape index (κ1) is 18.3. The van der Waals surface area contributed by atoms with E-state index in [-0.39, 0.29) is 5.92 Å². The second-order valence-corrected chi connectivity index (χ2v) is 7.06. The number of aromatic nitrogens is 1. The first-order chi connectivity index (χ1) is 12.3. The van der Waals surface area contributed by atoms with E-state index in [1.807, 2.05) is 30.3 Å². The van der Waals surface area contributed by atoms with Crippen LogP contribution >= 0.6 is 23.2 Å². The van der Waals surface area contributed by atoms with Crippen molar-refractivity contribution in [1.82, 2.24) is 4.98 Å². The molecule has 0 aliphatic heterocycles. The quantitative estimate of drug-likeness (QED) is 0.573. The summed E-state index contributed by atoms with van der Waals surface area (Å²) >= 11 is 12.1. The van der Waals surface area contributed by atoms with Crippen LogP contribution in [0.2, 0.25) is 10.0 Å². The molecule has 0 spiro atoms. The van der Waals surface area contributed by atoms with Crippen molar-refractivity contribution >= 4 is 51.6 Å². The third-order valence-corrected chi connectivity index (χ3v) is 4.35. The Hall–Kier alpha value is -2.50. The lowest BCUT2D eigenvalue weighted by Crippen LogP contribution is -2.41. The van der Waals surface area contributed by atoms with Crippen molar-refractivity contribution in [2.24, 2.45) is 5.73 Å². The molecule has 0 saturated heterocycles. The molecule has 0 atom stereocenters. The van der Waals surface area contributed by atoms with Gasteiger partial charge in [-0.2, -0.15) is 5.01 Å². The van der Waals surface area contributed by atoms with E-state index < -0.39 is 6.03 Å². The Kier molecular flexibility index (Phi) is 5.20. The highest BCUT2D eigenvalue weighted by Crippen LogP contribution is 2.29. The first-order valence-electron chi connectivity index (χ1n) is 8.07. The molecule has 134 valence electrons. The highest BCUT2D eigenvalue weighted by Gasteiger charge is 2.18. The molecule has 2 amide bonds. The van der Waals surface area contributed by atoms with Gasteiger partial charge < -0.3 is 5.73 Å². The number of hydrogen-bond acceptors (Lipinski definition) is 3.